The molecule has 0 spiro atoms. The zero-order valence-electron chi connectivity index (χ0n) is 8.01. The first kappa shape index (κ1) is 10.9. The predicted octanol–water partition coefficient (Wildman–Crippen LogP) is 1.53. The van der Waals surface area contributed by atoms with Crippen molar-refractivity contribution in [3.05, 3.63) is 41.5 Å². The summed E-state index contributed by atoms with van der Waals surface area (Å²) in [6, 6.07) is 9.60. The van der Waals surface area contributed by atoms with Crippen LogP contribution in [0.1, 0.15) is 11.1 Å². The molecule has 0 aromatic heterocycles. The van der Waals surface area contributed by atoms with E-state index in [1.807, 2.05) is 0 Å². The molecule has 15 heavy (non-hydrogen) atoms. The molecule has 0 aliphatic heterocycles. The minimum Gasteiger partial charge on any atom is -0.293 e. The Bertz CT molecular complexity index is 441. The Kier molecular flexibility index (Phi) is 3.99. The van der Waals surface area contributed by atoms with Crippen LogP contribution in [-0.4, -0.2) is 12.1 Å². The van der Waals surface area contributed by atoms with Crippen molar-refractivity contribution in [2.45, 2.75) is 6.42 Å². The molecular formula is C12H9NO2. The van der Waals surface area contributed by atoms with E-state index in [1.165, 1.54) is 11.1 Å². The van der Waals surface area contributed by atoms with Gasteiger partial charge >= 0.3 is 0 Å². The van der Waals surface area contributed by atoms with Crippen LogP contribution in [0.2, 0.25) is 0 Å². The molecule has 1 aliphatic carbocycles. The number of aldehydes is 1. The van der Waals surface area contributed by atoms with E-state index >= 15 is 0 Å². The molecule has 0 radical (unpaired) electrons. The number of ketones is 1. The Labute approximate surface area is 87.6 Å². The zero-order chi connectivity index (χ0) is 11.1. The standard InChI is InChI=1S/C9H8.C3HNO2/c1-2-5-9-7-3-6-8(9)4-1;4-1-3(6)2-5/h1-6H,7H2;2H. The Hall–Kier alpha value is -2.21. The van der Waals surface area contributed by atoms with Gasteiger partial charge in [0.05, 0.1) is 0 Å². The lowest BCUT2D eigenvalue weighted by atomic mass is 10.1. The number of hydrogen-bond acceptors (Lipinski definition) is 3. The maximum absolute atomic E-state index is 9.45. The highest BCUT2D eigenvalue weighted by molar-refractivity contribution is 6.32. The van der Waals surface area contributed by atoms with Crippen molar-refractivity contribution in [2.24, 2.45) is 0 Å². The van der Waals surface area contributed by atoms with Crippen LogP contribution in [0, 0.1) is 11.3 Å². The van der Waals surface area contributed by atoms with Crippen LogP contribution in [0.25, 0.3) is 6.08 Å². The molecule has 0 heterocycles. The normalized spacial score (nSPS) is 10.6. The van der Waals surface area contributed by atoms with Gasteiger partial charge in [-0.05, 0) is 17.5 Å². The van der Waals surface area contributed by atoms with E-state index in [4.69, 9.17) is 10.1 Å². The molecule has 0 atom stereocenters. The third-order valence-corrected chi connectivity index (χ3v) is 1.91. The second-order valence-electron chi connectivity index (χ2n) is 2.90. The Morgan fingerprint density at radius 1 is 1.40 bits per heavy atom. The maximum atomic E-state index is 9.45. The van der Waals surface area contributed by atoms with Gasteiger partial charge in [-0.3, -0.25) is 9.59 Å². The van der Waals surface area contributed by atoms with Crippen molar-refractivity contribution in [3.63, 3.8) is 0 Å². The Morgan fingerprint density at radius 2 is 2.13 bits per heavy atom. The zero-order valence-corrected chi connectivity index (χ0v) is 8.01. The SMILES string of the molecule is C1=Cc2ccccc2C1.N#CC(=O)C=O. The van der Waals surface area contributed by atoms with Crippen LogP contribution in [0.5, 0.6) is 0 Å². The number of rotatable bonds is 1. The van der Waals surface area contributed by atoms with Crippen molar-refractivity contribution in [3.8, 4) is 6.07 Å². The van der Waals surface area contributed by atoms with Gasteiger partial charge in [-0.2, -0.15) is 5.26 Å². The van der Waals surface area contributed by atoms with E-state index in [0.29, 0.717) is 0 Å². The number of hydrogen-bond donors (Lipinski definition) is 0. The lowest BCUT2D eigenvalue weighted by molar-refractivity contribution is -0.126. The quantitative estimate of drug-likeness (QED) is 0.391. The molecule has 1 aromatic carbocycles. The highest BCUT2D eigenvalue weighted by Gasteiger charge is 2.00. The first-order valence-corrected chi connectivity index (χ1v) is 4.41. The van der Waals surface area contributed by atoms with E-state index in [0.717, 1.165) is 12.5 Å². The molecule has 74 valence electrons. The van der Waals surface area contributed by atoms with Gasteiger partial charge in [0.15, 0.2) is 0 Å². The van der Waals surface area contributed by atoms with E-state index in [1.54, 1.807) is 0 Å². The summed E-state index contributed by atoms with van der Waals surface area (Å²) in [5.74, 6) is -1.03. The van der Waals surface area contributed by atoms with Gasteiger partial charge in [0, 0.05) is 0 Å². The summed E-state index contributed by atoms with van der Waals surface area (Å²) in [5.41, 5.74) is 2.84. The first-order chi connectivity index (χ1) is 7.27. The molecule has 1 aromatic rings. The number of nitrogens with zero attached hydrogens (tertiary/aromatic N) is 1. The molecular weight excluding hydrogens is 190 g/mol. The van der Waals surface area contributed by atoms with Crippen LogP contribution in [0.15, 0.2) is 30.3 Å². The molecule has 2 rings (SSSR count). The topological polar surface area (TPSA) is 57.9 Å². The van der Waals surface area contributed by atoms with Gasteiger partial charge in [-0.25, -0.2) is 0 Å². The highest BCUT2D eigenvalue weighted by atomic mass is 16.2. The summed E-state index contributed by atoms with van der Waals surface area (Å²) in [5, 5.41) is 7.50. The molecule has 0 N–H and O–H groups in total. The highest BCUT2D eigenvalue weighted by Crippen LogP contribution is 2.17. The van der Waals surface area contributed by atoms with E-state index in [-0.39, 0.29) is 6.29 Å². The minimum atomic E-state index is -1.03. The van der Waals surface area contributed by atoms with Crippen LogP contribution >= 0.6 is 0 Å². The number of carbonyl (C=O) groups excluding carboxylic acids is 2. The number of fused-ring (bicyclic) bond motifs is 1. The van der Waals surface area contributed by atoms with E-state index in [9.17, 15) is 4.79 Å². The van der Waals surface area contributed by atoms with Crippen molar-refractivity contribution in [1.29, 1.82) is 5.26 Å². The fourth-order valence-corrected chi connectivity index (χ4v) is 1.22. The fraction of sp³-hybridized carbons (Fsp3) is 0.0833. The van der Waals surface area contributed by atoms with Crippen molar-refractivity contribution < 1.29 is 9.59 Å². The smallest absolute Gasteiger partial charge is 0.293 e. The summed E-state index contributed by atoms with van der Waals surface area (Å²) >= 11 is 0. The van der Waals surface area contributed by atoms with Crippen LogP contribution < -0.4 is 0 Å². The van der Waals surface area contributed by atoms with Crippen LogP contribution in [0.3, 0.4) is 0 Å². The summed E-state index contributed by atoms with van der Waals surface area (Å²) in [7, 11) is 0. The predicted molar refractivity (Wildman–Crippen MR) is 55.9 cm³/mol. The molecule has 3 heteroatoms. The molecule has 0 unspecified atom stereocenters. The van der Waals surface area contributed by atoms with Crippen molar-refractivity contribution in [2.75, 3.05) is 0 Å². The number of allylic oxidation sites excluding steroid dienone is 1. The molecule has 0 fully saturated rings. The average Bonchev–Trinajstić information content (AvgIpc) is 2.76. The van der Waals surface area contributed by atoms with Gasteiger partial charge in [0.25, 0.3) is 5.78 Å². The summed E-state index contributed by atoms with van der Waals surface area (Å²) in [6.45, 7) is 0. The second kappa shape index (κ2) is 5.51. The third kappa shape index (κ3) is 3.20. The van der Waals surface area contributed by atoms with E-state index in [2.05, 4.69) is 36.4 Å². The molecule has 0 bridgehead atoms. The molecule has 0 saturated carbocycles. The number of carbonyl (C=O) groups is 2. The molecule has 1 aliphatic rings. The van der Waals surface area contributed by atoms with Gasteiger partial charge in [0.1, 0.15) is 6.07 Å². The fourth-order valence-electron chi connectivity index (χ4n) is 1.22. The maximum Gasteiger partial charge on any atom is 0.294 e. The Balaban J connectivity index is 0.000000167. The van der Waals surface area contributed by atoms with Gasteiger partial charge in [0.2, 0.25) is 6.29 Å². The van der Waals surface area contributed by atoms with Crippen molar-refractivity contribution in [1.82, 2.24) is 0 Å². The Morgan fingerprint density at radius 3 is 2.67 bits per heavy atom. The molecule has 0 amide bonds. The molecule has 0 saturated heterocycles. The largest absolute Gasteiger partial charge is 0.294 e. The van der Waals surface area contributed by atoms with Crippen molar-refractivity contribution >= 4 is 18.1 Å². The average molecular weight is 199 g/mol. The van der Waals surface area contributed by atoms with Gasteiger partial charge < -0.3 is 0 Å². The minimum absolute atomic E-state index is 0.0278. The summed E-state index contributed by atoms with van der Waals surface area (Å²) in [4.78, 5) is 18.6. The lowest BCUT2D eigenvalue weighted by Crippen LogP contribution is -1.90. The first-order valence-electron chi connectivity index (χ1n) is 4.41. The monoisotopic (exact) mass is 199 g/mol. The summed E-state index contributed by atoms with van der Waals surface area (Å²) < 4.78 is 0. The van der Waals surface area contributed by atoms with Crippen LogP contribution in [-0.2, 0) is 16.0 Å². The van der Waals surface area contributed by atoms with Crippen LogP contribution in [0.4, 0.5) is 0 Å². The van der Waals surface area contributed by atoms with E-state index < -0.39 is 5.78 Å². The number of Topliss-reactive ketones (excluding diaryl/α,β-unsaturated/α-hetero) is 1. The molecule has 3 nitrogen and oxygen atoms in total. The number of benzene rings is 1. The lowest BCUT2D eigenvalue weighted by Gasteiger charge is -1.93. The number of nitriles is 1. The van der Waals surface area contributed by atoms with Gasteiger partial charge in [-0.15, -0.1) is 0 Å². The summed E-state index contributed by atoms with van der Waals surface area (Å²) in [6.07, 6.45) is 5.47. The third-order valence-electron chi connectivity index (χ3n) is 1.91. The second-order valence-corrected chi connectivity index (χ2v) is 2.90. The van der Waals surface area contributed by atoms with Gasteiger partial charge in [-0.1, -0.05) is 36.4 Å².